The summed E-state index contributed by atoms with van der Waals surface area (Å²) in [6.07, 6.45) is 10.3. The summed E-state index contributed by atoms with van der Waals surface area (Å²) in [6, 6.07) is 0.978. The van der Waals surface area contributed by atoms with Crippen molar-refractivity contribution >= 4 is 24.0 Å². The highest BCUT2D eigenvalue weighted by Crippen LogP contribution is 2.25. The number of hydrogen-bond acceptors (Lipinski definition) is 1. The predicted molar refractivity (Wildman–Crippen MR) is 63.1 cm³/mol. The maximum Gasteiger partial charge on any atom is 0.00952 e. The third-order valence-corrected chi connectivity index (χ3v) is 3.23. The molecule has 1 saturated heterocycles. The normalized spacial score (nSPS) is 27.0. The molecule has 0 aromatic rings. The van der Waals surface area contributed by atoms with Crippen LogP contribution in [0.25, 0.3) is 0 Å². The first-order valence-corrected chi connectivity index (χ1v) is 5.21. The molecule has 72 valence electrons. The molecule has 2 aliphatic rings. The highest BCUT2D eigenvalue weighted by molar-refractivity contribution is 14.0. The summed E-state index contributed by atoms with van der Waals surface area (Å²) in [7, 11) is 0. The average Bonchev–Trinajstić information content (AvgIpc) is 2.58. The number of rotatable bonds is 1. The zero-order chi connectivity index (χ0) is 7.52. The standard InChI is InChI=1S/C10H19N.HI/c1-2-6-10(7-3-1)11-8-4-5-9-11;/h10H,1-9H2;1H. The van der Waals surface area contributed by atoms with E-state index in [0.717, 1.165) is 6.04 Å². The third kappa shape index (κ3) is 2.59. The second-order valence-electron chi connectivity index (χ2n) is 4.03. The minimum Gasteiger partial charge on any atom is -0.300 e. The van der Waals surface area contributed by atoms with E-state index in [1.807, 2.05) is 0 Å². The highest BCUT2D eigenvalue weighted by atomic mass is 127. The molecule has 0 bridgehead atoms. The summed E-state index contributed by atoms with van der Waals surface area (Å²) < 4.78 is 0. The van der Waals surface area contributed by atoms with Crippen molar-refractivity contribution in [3.8, 4) is 0 Å². The fourth-order valence-electron chi connectivity index (χ4n) is 2.55. The fourth-order valence-corrected chi connectivity index (χ4v) is 2.55. The molecule has 1 heterocycles. The van der Waals surface area contributed by atoms with Gasteiger partial charge in [0, 0.05) is 6.04 Å². The smallest absolute Gasteiger partial charge is 0.00952 e. The Morgan fingerprint density at radius 3 is 1.92 bits per heavy atom. The maximum absolute atomic E-state index is 2.72. The van der Waals surface area contributed by atoms with Crippen molar-refractivity contribution in [1.82, 2.24) is 4.90 Å². The van der Waals surface area contributed by atoms with Gasteiger partial charge in [-0.2, -0.15) is 0 Å². The number of halogens is 1. The molecule has 0 aromatic heterocycles. The zero-order valence-corrected chi connectivity index (χ0v) is 10.1. The first-order chi connectivity index (χ1) is 5.47. The van der Waals surface area contributed by atoms with Crippen LogP contribution in [0.15, 0.2) is 0 Å². The highest BCUT2D eigenvalue weighted by Gasteiger charge is 2.22. The average molecular weight is 281 g/mol. The predicted octanol–water partition coefficient (Wildman–Crippen LogP) is 3.03. The third-order valence-electron chi connectivity index (χ3n) is 3.23. The van der Waals surface area contributed by atoms with Gasteiger partial charge in [0.25, 0.3) is 0 Å². The molecule has 0 spiro atoms. The molecule has 12 heavy (non-hydrogen) atoms. The van der Waals surface area contributed by atoms with Gasteiger partial charge < -0.3 is 4.90 Å². The summed E-state index contributed by atoms with van der Waals surface area (Å²) in [6.45, 7) is 2.79. The summed E-state index contributed by atoms with van der Waals surface area (Å²) in [5.74, 6) is 0. The van der Waals surface area contributed by atoms with E-state index in [1.54, 1.807) is 0 Å². The van der Waals surface area contributed by atoms with Gasteiger partial charge in [0.1, 0.15) is 0 Å². The van der Waals surface area contributed by atoms with Crippen molar-refractivity contribution in [2.75, 3.05) is 13.1 Å². The number of hydrogen-bond donors (Lipinski definition) is 0. The van der Waals surface area contributed by atoms with Gasteiger partial charge in [0.05, 0.1) is 0 Å². The van der Waals surface area contributed by atoms with Crippen LogP contribution >= 0.6 is 24.0 Å². The van der Waals surface area contributed by atoms with E-state index >= 15 is 0 Å². The lowest BCUT2D eigenvalue weighted by Gasteiger charge is -2.30. The monoisotopic (exact) mass is 281 g/mol. The Bertz CT molecular complexity index is 115. The van der Waals surface area contributed by atoms with E-state index < -0.39 is 0 Å². The first kappa shape index (κ1) is 10.8. The van der Waals surface area contributed by atoms with Crippen molar-refractivity contribution in [1.29, 1.82) is 0 Å². The molecule has 1 aliphatic heterocycles. The molecule has 0 aromatic carbocycles. The van der Waals surface area contributed by atoms with Crippen LogP contribution in [0.1, 0.15) is 44.9 Å². The molecule has 0 amide bonds. The van der Waals surface area contributed by atoms with E-state index in [1.165, 1.54) is 58.0 Å². The molecule has 2 fully saturated rings. The molecule has 0 atom stereocenters. The van der Waals surface area contributed by atoms with Gasteiger partial charge in [0.2, 0.25) is 0 Å². The van der Waals surface area contributed by atoms with Crippen LogP contribution in [-0.4, -0.2) is 24.0 Å². The quantitative estimate of drug-likeness (QED) is 0.668. The van der Waals surface area contributed by atoms with E-state index in [0.29, 0.717) is 0 Å². The van der Waals surface area contributed by atoms with Crippen molar-refractivity contribution in [3.63, 3.8) is 0 Å². The number of nitrogens with zero attached hydrogens (tertiary/aromatic N) is 1. The first-order valence-electron chi connectivity index (χ1n) is 5.21. The summed E-state index contributed by atoms with van der Waals surface area (Å²) in [5.41, 5.74) is 0. The van der Waals surface area contributed by atoms with Crippen molar-refractivity contribution in [3.05, 3.63) is 0 Å². The molecule has 0 radical (unpaired) electrons. The largest absolute Gasteiger partial charge is 0.300 e. The summed E-state index contributed by atoms with van der Waals surface area (Å²) in [5, 5.41) is 0. The minimum atomic E-state index is 0. The Balaban J connectivity index is 0.000000720. The van der Waals surface area contributed by atoms with Crippen LogP contribution in [0.2, 0.25) is 0 Å². The van der Waals surface area contributed by atoms with E-state index in [2.05, 4.69) is 4.90 Å². The molecule has 1 aliphatic carbocycles. The zero-order valence-electron chi connectivity index (χ0n) is 7.80. The fraction of sp³-hybridized carbons (Fsp3) is 1.00. The summed E-state index contributed by atoms with van der Waals surface area (Å²) in [4.78, 5) is 2.72. The van der Waals surface area contributed by atoms with E-state index in [9.17, 15) is 0 Å². The van der Waals surface area contributed by atoms with Crippen molar-refractivity contribution < 1.29 is 0 Å². The molecule has 0 N–H and O–H groups in total. The van der Waals surface area contributed by atoms with Crippen molar-refractivity contribution in [2.45, 2.75) is 51.0 Å². The van der Waals surface area contributed by atoms with Crippen LogP contribution in [0.4, 0.5) is 0 Å². The minimum absolute atomic E-state index is 0. The van der Waals surface area contributed by atoms with Gasteiger partial charge in [-0.25, -0.2) is 0 Å². The lowest BCUT2D eigenvalue weighted by molar-refractivity contribution is 0.191. The molecule has 2 rings (SSSR count). The van der Waals surface area contributed by atoms with Gasteiger partial charge in [-0.15, -0.1) is 24.0 Å². The molecule has 1 nitrogen and oxygen atoms in total. The molecular weight excluding hydrogens is 261 g/mol. The van der Waals surface area contributed by atoms with E-state index in [-0.39, 0.29) is 24.0 Å². The van der Waals surface area contributed by atoms with Crippen LogP contribution in [0, 0.1) is 0 Å². The molecular formula is C10H20IN. The Morgan fingerprint density at radius 2 is 1.33 bits per heavy atom. The van der Waals surface area contributed by atoms with Gasteiger partial charge in [-0.3, -0.25) is 0 Å². The van der Waals surface area contributed by atoms with Crippen LogP contribution < -0.4 is 0 Å². The second kappa shape index (κ2) is 5.43. The Morgan fingerprint density at radius 1 is 0.750 bits per heavy atom. The van der Waals surface area contributed by atoms with Gasteiger partial charge >= 0.3 is 0 Å². The van der Waals surface area contributed by atoms with Crippen molar-refractivity contribution in [2.24, 2.45) is 0 Å². The lowest BCUT2D eigenvalue weighted by atomic mass is 9.94. The summed E-state index contributed by atoms with van der Waals surface area (Å²) >= 11 is 0. The lowest BCUT2D eigenvalue weighted by Crippen LogP contribution is -2.34. The SMILES string of the molecule is C1CCC(N2CCCC2)CC1.I. The topological polar surface area (TPSA) is 3.24 Å². The molecule has 1 saturated carbocycles. The Hall–Kier alpha value is 0.690. The van der Waals surface area contributed by atoms with Crippen LogP contribution in [0.3, 0.4) is 0 Å². The molecule has 2 heteroatoms. The number of likely N-dealkylation sites (tertiary alicyclic amines) is 1. The van der Waals surface area contributed by atoms with Gasteiger partial charge in [0.15, 0.2) is 0 Å². The van der Waals surface area contributed by atoms with Gasteiger partial charge in [-0.05, 0) is 38.8 Å². The molecule has 0 unspecified atom stereocenters. The van der Waals surface area contributed by atoms with Crippen LogP contribution in [-0.2, 0) is 0 Å². The van der Waals surface area contributed by atoms with E-state index in [4.69, 9.17) is 0 Å². The Kier molecular flexibility index (Phi) is 4.87. The Labute approximate surface area is 92.9 Å². The van der Waals surface area contributed by atoms with Crippen LogP contribution in [0.5, 0.6) is 0 Å². The second-order valence-corrected chi connectivity index (χ2v) is 4.03. The van der Waals surface area contributed by atoms with Gasteiger partial charge in [-0.1, -0.05) is 19.3 Å². The maximum atomic E-state index is 2.72.